The Morgan fingerprint density at radius 2 is 1.73 bits per heavy atom. The zero-order valence-corrected chi connectivity index (χ0v) is 23.7. The first-order valence-electron chi connectivity index (χ1n) is 13.2. The van der Waals surface area contributed by atoms with Gasteiger partial charge in [0.15, 0.2) is 5.69 Å². The van der Waals surface area contributed by atoms with Crippen LogP contribution < -0.4 is 21.7 Å². The molecular weight excluding hydrogens is 512 g/mol. The predicted molar refractivity (Wildman–Crippen MR) is 149 cm³/mol. The molecule has 1 aromatic heterocycles. The van der Waals surface area contributed by atoms with Gasteiger partial charge in [0.2, 0.25) is 11.8 Å². The molecule has 1 heterocycles. The summed E-state index contributed by atoms with van der Waals surface area (Å²) in [5, 5.41) is 21.2. The number of nitrogens with zero attached hydrogens (tertiary/aromatic N) is 2. The standard InChI is InChI=1S/C29H38N6O5/c1-17(2)14-22(15-30)28(38)32-13-7-6-8-23(29(39)33-16-21-11-9-18(3)10-12-21)34-27(37)19(4)24-20(5)40-35-25(24)26(31)36/h9-12,14,17,19,23H,6-8,13,16H2,1-5H3,(H2,31,36)(H,32,38)(H,33,39)(H,34,37)/t19-,23-/m0/s1. The number of hydrogen-bond donors (Lipinski definition) is 4. The molecule has 0 aliphatic heterocycles. The molecule has 0 fully saturated rings. The maximum atomic E-state index is 13.2. The van der Waals surface area contributed by atoms with Gasteiger partial charge in [-0.15, -0.1) is 0 Å². The molecule has 0 saturated heterocycles. The van der Waals surface area contributed by atoms with Gasteiger partial charge in [-0.1, -0.05) is 54.9 Å². The highest BCUT2D eigenvalue weighted by molar-refractivity contribution is 5.97. The third-order valence-corrected chi connectivity index (χ3v) is 6.26. The minimum absolute atomic E-state index is 0.0592. The summed E-state index contributed by atoms with van der Waals surface area (Å²) in [7, 11) is 0. The highest BCUT2D eigenvalue weighted by atomic mass is 16.5. The van der Waals surface area contributed by atoms with Crippen molar-refractivity contribution in [1.82, 2.24) is 21.1 Å². The van der Waals surface area contributed by atoms with Gasteiger partial charge in [0, 0.05) is 18.7 Å². The van der Waals surface area contributed by atoms with E-state index >= 15 is 0 Å². The number of hydrogen-bond acceptors (Lipinski definition) is 7. The van der Waals surface area contributed by atoms with Crippen LogP contribution in [0.1, 0.15) is 78.9 Å². The van der Waals surface area contributed by atoms with E-state index in [9.17, 15) is 24.4 Å². The lowest BCUT2D eigenvalue weighted by atomic mass is 9.97. The molecular formula is C29H38N6O5. The van der Waals surface area contributed by atoms with Crippen molar-refractivity contribution < 1.29 is 23.7 Å². The van der Waals surface area contributed by atoms with Gasteiger partial charge in [-0.05, 0) is 51.5 Å². The molecule has 214 valence electrons. The Kier molecular flexibility index (Phi) is 12.1. The average molecular weight is 551 g/mol. The van der Waals surface area contributed by atoms with Crippen molar-refractivity contribution in [2.24, 2.45) is 11.7 Å². The van der Waals surface area contributed by atoms with Crippen molar-refractivity contribution in [2.75, 3.05) is 6.54 Å². The van der Waals surface area contributed by atoms with E-state index in [0.717, 1.165) is 11.1 Å². The normalized spacial score (nSPS) is 12.8. The van der Waals surface area contributed by atoms with Crippen LogP contribution in [0, 0.1) is 31.1 Å². The minimum atomic E-state index is -0.871. The molecule has 5 N–H and O–H groups in total. The summed E-state index contributed by atoms with van der Waals surface area (Å²) >= 11 is 0. The Morgan fingerprint density at radius 1 is 1.05 bits per heavy atom. The number of nitrogens with one attached hydrogen (secondary N) is 3. The first-order chi connectivity index (χ1) is 18.9. The number of carbonyl (C=O) groups is 4. The Labute approximate surface area is 234 Å². The van der Waals surface area contributed by atoms with E-state index in [-0.39, 0.29) is 41.0 Å². The molecule has 0 radical (unpaired) electrons. The van der Waals surface area contributed by atoms with Crippen LogP contribution in [0.15, 0.2) is 40.4 Å². The fourth-order valence-corrected chi connectivity index (χ4v) is 4.05. The molecule has 2 atom stereocenters. The highest BCUT2D eigenvalue weighted by Crippen LogP contribution is 2.24. The molecule has 0 aliphatic carbocycles. The maximum Gasteiger partial charge on any atom is 0.271 e. The molecule has 0 saturated carbocycles. The molecule has 0 aliphatic rings. The lowest BCUT2D eigenvalue weighted by molar-refractivity contribution is -0.129. The summed E-state index contributed by atoms with van der Waals surface area (Å²) in [4.78, 5) is 50.3. The summed E-state index contributed by atoms with van der Waals surface area (Å²) in [6, 6.07) is 8.75. The third-order valence-electron chi connectivity index (χ3n) is 6.26. The van der Waals surface area contributed by atoms with Gasteiger partial charge in [-0.25, -0.2) is 0 Å². The quantitative estimate of drug-likeness (QED) is 0.158. The number of nitriles is 1. The van der Waals surface area contributed by atoms with E-state index in [1.807, 2.05) is 51.1 Å². The number of primary amides is 1. The van der Waals surface area contributed by atoms with Gasteiger partial charge in [0.25, 0.3) is 11.8 Å². The van der Waals surface area contributed by atoms with Gasteiger partial charge >= 0.3 is 0 Å². The topological polar surface area (TPSA) is 180 Å². The first-order valence-corrected chi connectivity index (χ1v) is 13.2. The number of nitrogens with two attached hydrogens (primary N) is 1. The van der Waals surface area contributed by atoms with Crippen LogP contribution in [-0.2, 0) is 20.9 Å². The number of carbonyl (C=O) groups excluding carboxylic acids is 4. The van der Waals surface area contributed by atoms with Crippen molar-refractivity contribution in [3.05, 3.63) is 64.1 Å². The summed E-state index contributed by atoms with van der Waals surface area (Å²) in [5.74, 6) is -2.62. The Balaban J connectivity index is 2.06. The van der Waals surface area contributed by atoms with Crippen LogP contribution in [0.5, 0.6) is 0 Å². The van der Waals surface area contributed by atoms with Crippen LogP contribution in [-0.4, -0.2) is 41.4 Å². The summed E-state index contributed by atoms with van der Waals surface area (Å²) < 4.78 is 5.07. The van der Waals surface area contributed by atoms with Crippen LogP contribution in [0.4, 0.5) is 0 Å². The van der Waals surface area contributed by atoms with Crippen molar-refractivity contribution in [2.45, 2.75) is 72.4 Å². The summed E-state index contributed by atoms with van der Waals surface area (Å²) in [6.45, 7) is 9.47. The number of aromatic nitrogens is 1. The Bertz CT molecular complexity index is 1270. The van der Waals surface area contributed by atoms with Gasteiger partial charge in [-0.3, -0.25) is 19.2 Å². The van der Waals surface area contributed by atoms with E-state index in [2.05, 4.69) is 21.1 Å². The second-order valence-electron chi connectivity index (χ2n) is 10.0. The molecule has 11 nitrogen and oxygen atoms in total. The summed E-state index contributed by atoms with van der Waals surface area (Å²) in [6.07, 6.45) is 2.93. The van der Waals surface area contributed by atoms with E-state index < -0.39 is 29.7 Å². The Morgan fingerprint density at radius 3 is 2.33 bits per heavy atom. The van der Waals surface area contributed by atoms with Crippen molar-refractivity contribution >= 4 is 23.6 Å². The lowest BCUT2D eigenvalue weighted by Crippen LogP contribution is -2.47. The fraction of sp³-hybridized carbons (Fsp3) is 0.448. The monoisotopic (exact) mass is 550 g/mol. The zero-order chi connectivity index (χ0) is 29.8. The Hall–Kier alpha value is -4.46. The highest BCUT2D eigenvalue weighted by Gasteiger charge is 2.30. The second-order valence-corrected chi connectivity index (χ2v) is 10.0. The van der Waals surface area contributed by atoms with Crippen molar-refractivity contribution in [3.8, 4) is 6.07 Å². The lowest BCUT2D eigenvalue weighted by Gasteiger charge is -2.21. The summed E-state index contributed by atoms with van der Waals surface area (Å²) in [5.41, 5.74) is 7.59. The smallest absolute Gasteiger partial charge is 0.271 e. The molecule has 11 heteroatoms. The fourth-order valence-electron chi connectivity index (χ4n) is 4.05. The number of allylic oxidation sites excluding steroid dienone is 1. The van der Waals surface area contributed by atoms with Crippen LogP contribution >= 0.6 is 0 Å². The molecule has 4 amide bonds. The van der Waals surface area contributed by atoms with E-state index in [0.29, 0.717) is 25.8 Å². The number of benzene rings is 1. The maximum absolute atomic E-state index is 13.2. The van der Waals surface area contributed by atoms with Crippen LogP contribution in [0.2, 0.25) is 0 Å². The molecule has 0 bridgehead atoms. The SMILES string of the molecule is Cc1ccc(CNC(=O)[C@H](CCCCNC(=O)C(C#N)=CC(C)C)NC(=O)[C@@H](C)c2c(C(N)=O)noc2C)cc1. The number of unbranched alkanes of at least 4 members (excludes halogenated alkanes) is 1. The van der Waals surface area contributed by atoms with E-state index in [1.165, 1.54) is 0 Å². The molecule has 2 aromatic rings. The van der Waals surface area contributed by atoms with Crippen molar-refractivity contribution in [1.29, 1.82) is 5.26 Å². The number of rotatable bonds is 14. The van der Waals surface area contributed by atoms with Gasteiger partial charge in [0.05, 0.1) is 5.92 Å². The second kappa shape index (κ2) is 15.2. The van der Waals surface area contributed by atoms with Crippen molar-refractivity contribution in [3.63, 3.8) is 0 Å². The van der Waals surface area contributed by atoms with Gasteiger partial charge in [-0.2, -0.15) is 5.26 Å². The number of aryl methyl sites for hydroxylation is 2. The average Bonchev–Trinajstić information content (AvgIpc) is 3.30. The van der Waals surface area contributed by atoms with Crippen LogP contribution in [0.25, 0.3) is 0 Å². The molecule has 2 rings (SSSR count). The van der Waals surface area contributed by atoms with Crippen LogP contribution in [0.3, 0.4) is 0 Å². The zero-order valence-electron chi connectivity index (χ0n) is 23.7. The van der Waals surface area contributed by atoms with E-state index in [1.54, 1.807) is 19.9 Å². The largest absolute Gasteiger partial charge is 0.364 e. The number of amides is 4. The van der Waals surface area contributed by atoms with E-state index in [4.69, 9.17) is 10.3 Å². The minimum Gasteiger partial charge on any atom is -0.364 e. The molecule has 1 aromatic carbocycles. The molecule has 40 heavy (non-hydrogen) atoms. The molecule has 0 unspecified atom stereocenters. The molecule has 0 spiro atoms. The predicted octanol–water partition coefficient (Wildman–Crippen LogP) is 2.69. The third kappa shape index (κ3) is 9.38. The van der Waals surface area contributed by atoms with Gasteiger partial charge < -0.3 is 26.2 Å². The van der Waals surface area contributed by atoms with Gasteiger partial charge in [0.1, 0.15) is 23.4 Å². The first kappa shape index (κ1) is 31.8.